The molecule has 2 aliphatic heterocycles. The topological polar surface area (TPSA) is 61.6 Å². The van der Waals surface area contributed by atoms with Gasteiger partial charge in [-0.15, -0.1) is 0 Å². The number of rotatable bonds is 4. The summed E-state index contributed by atoms with van der Waals surface area (Å²) >= 11 is 12.1. The molecule has 0 bridgehead atoms. The van der Waals surface area contributed by atoms with Gasteiger partial charge in [-0.2, -0.15) is 5.10 Å². The van der Waals surface area contributed by atoms with Crippen molar-refractivity contribution in [1.29, 1.82) is 0 Å². The van der Waals surface area contributed by atoms with E-state index < -0.39 is 6.23 Å². The van der Waals surface area contributed by atoms with Gasteiger partial charge in [0.25, 0.3) is 5.91 Å². The van der Waals surface area contributed by atoms with E-state index in [2.05, 4.69) is 0 Å². The van der Waals surface area contributed by atoms with Crippen LogP contribution in [0.25, 0.3) is 0 Å². The number of benzene rings is 2. The molecule has 5 rings (SSSR count). The van der Waals surface area contributed by atoms with E-state index in [1.54, 1.807) is 18.2 Å². The summed E-state index contributed by atoms with van der Waals surface area (Å²) in [7, 11) is 0. The molecule has 1 atom stereocenters. The minimum absolute atomic E-state index is 0.00488. The summed E-state index contributed by atoms with van der Waals surface area (Å²) in [5.74, 6) is -0.00488. The van der Waals surface area contributed by atoms with Crippen molar-refractivity contribution in [2.75, 3.05) is 13.1 Å². The van der Waals surface area contributed by atoms with Gasteiger partial charge in [0, 0.05) is 38.2 Å². The number of hydrogen-bond acceptors (Lipinski definition) is 4. The molecule has 0 saturated carbocycles. The van der Waals surface area contributed by atoms with Crippen LogP contribution < -0.4 is 0 Å². The normalized spacial score (nSPS) is 17.4. The Labute approximate surface area is 190 Å². The van der Waals surface area contributed by atoms with Gasteiger partial charge >= 0.3 is 0 Å². The van der Waals surface area contributed by atoms with Gasteiger partial charge in [-0.3, -0.25) is 14.4 Å². The molecule has 3 heterocycles. The van der Waals surface area contributed by atoms with E-state index in [0.717, 1.165) is 16.8 Å². The number of fused-ring (bicyclic) bond motifs is 3. The monoisotopic (exact) mass is 456 g/mol. The van der Waals surface area contributed by atoms with Crippen LogP contribution in [-0.2, 0) is 26.1 Å². The fraction of sp³-hybridized carbons (Fsp3) is 0.304. The second kappa shape index (κ2) is 8.28. The lowest BCUT2D eigenvalue weighted by molar-refractivity contribution is -0.00817. The predicted molar refractivity (Wildman–Crippen MR) is 119 cm³/mol. The molecule has 31 heavy (non-hydrogen) atoms. The minimum atomic E-state index is -0.836. The van der Waals surface area contributed by atoms with Crippen LogP contribution in [0.4, 0.5) is 0 Å². The maximum absolute atomic E-state index is 13.3. The van der Waals surface area contributed by atoms with Gasteiger partial charge in [0.05, 0.1) is 22.3 Å². The van der Waals surface area contributed by atoms with Gasteiger partial charge in [-0.1, -0.05) is 59.6 Å². The molecule has 1 amide bonds. The zero-order valence-electron chi connectivity index (χ0n) is 16.8. The number of amides is 1. The standard InChI is InChI=1S/C23H22Cl2N4O2/c24-18-7-6-16(12-19(18)25)22(30)27-9-8-20-17(14-27)21-23(31)28(10-11-29(21)26-20)13-15-4-2-1-3-5-15/h1-7,12,22,30H,8-11,13-14H2. The average molecular weight is 457 g/mol. The second-order valence-electron chi connectivity index (χ2n) is 7.98. The van der Waals surface area contributed by atoms with Crippen LogP contribution in [-0.4, -0.2) is 43.7 Å². The lowest BCUT2D eigenvalue weighted by Gasteiger charge is -2.32. The van der Waals surface area contributed by atoms with Crippen LogP contribution in [0.1, 0.15) is 39.1 Å². The first-order valence-corrected chi connectivity index (χ1v) is 11.1. The van der Waals surface area contributed by atoms with Crippen molar-refractivity contribution >= 4 is 29.1 Å². The zero-order chi connectivity index (χ0) is 21.5. The SMILES string of the molecule is O=C1c2c3c(nn2CCN1Cc1ccccc1)CCN(C(O)c1ccc(Cl)c(Cl)c1)C3. The van der Waals surface area contributed by atoms with Crippen molar-refractivity contribution < 1.29 is 9.90 Å². The van der Waals surface area contributed by atoms with Crippen LogP contribution in [0.3, 0.4) is 0 Å². The van der Waals surface area contributed by atoms with Crippen LogP contribution in [0, 0.1) is 0 Å². The van der Waals surface area contributed by atoms with Crippen molar-refractivity contribution in [2.45, 2.75) is 32.3 Å². The first-order chi connectivity index (χ1) is 15.0. The van der Waals surface area contributed by atoms with Crippen LogP contribution in [0.2, 0.25) is 10.0 Å². The lowest BCUT2D eigenvalue weighted by Crippen LogP contribution is -2.41. The van der Waals surface area contributed by atoms with E-state index in [4.69, 9.17) is 28.3 Å². The molecule has 3 aromatic rings. The Morgan fingerprint density at radius 2 is 1.84 bits per heavy atom. The molecule has 6 nitrogen and oxygen atoms in total. The number of hydrogen-bond donors (Lipinski definition) is 1. The summed E-state index contributed by atoms with van der Waals surface area (Å²) < 4.78 is 1.84. The Hall–Kier alpha value is -2.38. The molecule has 2 aliphatic rings. The molecule has 0 saturated heterocycles. The summed E-state index contributed by atoms with van der Waals surface area (Å²) in [6, 6.07) is 15.1. The third kappa shape index (κ3) is 3.85. The smallest absolute Gasteiger partial charge is 0.272 e. The summed E-state index contributed by atoms with van der Waals surface area (Å²) in [6.07, 6.45) is -0.155. The van der Waals surface area contributed by atoms with E-state index in [9.17, 15) is 9.90 Å². The maximum atomic E-state index is 13.3. The third-order valence-electron chi connectivity index (χ3n) is 6.01. The van der Waals surface area contributed by atoms with Gasteiger partial charge in [-0.25, -0.2) is 0 Å². The Balaban J connectivity index is 1.39. The largest absolute Gasteiger partial charge is 0.374 e. The zero-order valence-corrected chi connectivity index (χ0v) is 18.4. The van der Waals surface area contributed by atoms with Crippen molar-refractivity contribution in [1.82, 2.24) is 19.6 Å². The molecule has 0 aliphatic carbocycles. The van der Waals surface area contributed by atoms with Crippen LogP contribution >= 0.6 is 23.2 Å². The Bertz CT molecular complexity index is 1130. The van der Waals surface area contributed by atoms with E-state index in [-0.39, 0.29) is 5.91 Å². The van der Waals surface area contributed by atoms with E-state index in [0.29, 0.717) is 60.4 Å². The van der Waals surface area contributed by atoms with Crippen molar-refractivity contribution in [3.63, 3.8) is 0 Å². The molecule has 8 heteroatoms. The molecule has 1 aromatic heterocycles. The van der Waals surface area contributed by atoms with Gasteiger partial charge in [-0.05, 0) is 23.3 Å². The average Bonchev–Trinajstić information content (AvgIpc) is 3.16. The first kappa shape index (κ1) is 20.5. The lowest BCUT2D eigenvalue weighted by atomic mass is 10.0. The molecule has 2 aromatic carbocycles. The minimum Gasteiger partial charge on any atom is -0.374 e. The molecule has 160 valence electrons. The fourth-order valence-electron chi connectivity index (χ4n) is 4.36. The molecular formula is C23H22Cl2N4O2. The number of aliphatic hydroxyl groups excluding tert-OH is 1. The van der Waals surface area contributed by atoms with Gasteiger partial charge in [0.2, 0.25) is 0 Å². The highest BCUT2D eigenvalue weighted by molar-refractivity contribution is 6.42. The summed E-state index contributed by atoms with van der Waals surface area (Å²) in [5.41, 5.74) is 4.28. The predicted octanol–water partition coefficient (Wildman–Crippen LogP) is 3.90. The molecule has 0 spiro atoms. The van der Waals surface area contributed by atoms with E-state index in [1.165, 1.54) is 0 Å². The van der Waals surface area contributed by atoms with Crippen molar-refractivity contribution in [3.8, 4) is 0 Å². The first-order valence-electron chi connectivity index (χ1n) is 10.3. The third-order valence-corrected chi connectivity index (χ3v) is 6.75. The molecule has 0 fully saturated rings. The molecule has 1 unspecified atom stereocenters. The maximum Gasteiger partial charge on any atom is 0.272 e. The number of aliphatic hydroxyl groups is 1. The van der Waals surface area contributed by atoms with Gasteiger partial charge in [0.15, 0.2) is 0 Å². The number of carbonyl (C=O) groups excluding carboxylic acids is 1. The number of aromatic nitrogens is 2. The highest BCUT2D eigenvalue weighted by Crippen LogP contribution is 2.32. The number of halogens is 2. The van der Waals surface area contributed by atoms with Crippen LogP contribution in [0.15, 0.2) is 48.5 Å². The Kier molecular flexibility index (Phi) is 5.48. The molecule has 0 radical (unpaired) electrons. The van der Waals surface area contributed by atoms with Crippen molar-refractivity contribution in [3.05, 3.63) is 86.7 Å². The number of carbonyl (C=O) groups is 1. The Morgan fingerprint density at radius 1 is 1.03 bits per heavy atom. The second-order valence-corrected chi connectivity index (χ2v) is 8.79. The molecule has 1 N–H and O–H groups in total. The summed E-state index contributed by atoms with van der Waals surface area (Å²) in [5, 5.41) is 16.5. The summed E-state index contributed by atoms with van der Waals surface area (Å²) in [6.45, 7) is 2.99. The highest BCUT2D eigenvalue weighted by atomic mass is 35.5. The van der Waals surface area contributed by atoms with Crippen molar-refractivity contribution in [2.24, 2.45) is 0 Å². The quantitative estimate of drug-likeness (QED) is 0.646. The van der Waals surface area contributed by atoms with E-state index >= 15 is 0 Å². The van der Waals surface area contributed by atoms with Gasteiger partial charge < -0.3 is 10.0 Å². The highest BCUT2D eigenvalue weighted by Gasteiger charge is 2.35. The van der Waals surface area contributed by atoms with Crippen LogP contribution in [0.5, 0.6) is 0 Å². The van der Waals surface area contributed by atoms with E-state index in [1.807, 2.05) is 44.8 Å². The molecular weight excluding hydrogens is 435 g/mol. The Morgan fingerprint density at radius 3 is 2.61 bits per heavy atom. The number of nitrogens with zero attached hydrogens (tertiary/aromatic N) is 4. The van der Waals surface area contributed by atoms with Gasteiger partial charge in [0.1, 0.15) is 11.9 Å². The fourth-order valence-corrected chi connectivity index (χ4v) is 4.67. The summed E-state index contributed by atoms with van der Waals surface area (Å²) in [4.78, 5) is 17.1.